The highest BCUT2D eigenvalue weighted by atomic mass is 35.5. The van der Waals surface area contributed by atoms with Crippen LogP contribution in [0.2, 0.25) is 0 Å². The van der Waals surface area contributed by atoms with Gasteiger partial charge in [-0.15, -0.1) is 12.4 Å². The summed E-state index contributed by atoms with van der Waals surface area (Å²) in [5, 5.41) is 6.73. The molecule has 0 bridgehead atoms. The summed E-state index contributed by atoms with van der Waals surface area (Å²) in [5.41, 5.74) is 0. The van der Waals surface area contributed by atoms with Crippen LogP contribution in [0.5, 0.6) is 0 Å². The largest absolute Gasteiger partial charge is 0.353 e. The van der Waals surface area contributed by atoms with E-state index in [1.165, 1.54) is 44.9 Å². The fraction of sp³-hybridized carbons (Fsp3) is 0.933. The maximum atomic E-state index is 12.0. The van der Waals surface area contributed by atoms with Crippen LogP contribution in [0.1, 0.15) is 64.7 Å². The second-order valence-electron chi connectivity index (χ2n) is 5.96. The molecular formula is C15H29ClN2O. The van der Waals surface area contributed by atoms with E-state index in [2.05, 4.69) is 17.6 Å². The summed E-state index contributed by atoms with van der Waals surface area (Å²) in [5.74, 6) is 0.987. The van der Waals surface area contributed by atoms with Gasteiger partial charge in [0.05, 0.1) is 0 Å². The number of carbonyl (C=O) groups is 1. The predicted octanol–water partition coefficient (Wildman–Crippen LogP) is 3.03. The molecule has 1 aliphatic carbocycles. The Morgan fingerprint density at radius 2 is 2.00 bits per heavy atom. The van der Waals surface area contributed by atoms with Crippen LogP contribution in [0, 0.1) is 5.92 Å². The van der Waals surface area contributed by atoms with Crippen LogP contribution in [0.15, 0.2) is 0 Å². The lowest BCUT2D eigenvalue weighted by Gasteiger charge is -2.31. The van der Waals surface area contributed by atoms with E-state index in [1.54, 1.807) is 0 Å². The van der Waals surface area contributed by atoms with Crippen molar-refractivity contribution in [3.8, 4) is 0 Å². The summed E-state index contributed by atoms with van der Waals surface area (Å²) >= 11 is 0. The lowest BCUT2D eigenvalue weighted by atomic mass is 9.83. The number of halogens is 1. The number of nitrogens with one attached hydrogen (secondary N) is 2. The van der Waals surface area contributed by atoms with Crippen LogP contribution >= 0.6 is 12.4 Å². The third-order valence-corrected chi connectivity index (χ3v) is 4.66. The van der Waals surface area contributed by atoms with Gasteiger partial charge < -0.3 is 10.6 Å². The SMILES string of the molecule is CCC1CCCCC1NC(=O)CCC1CCCN1.Cl. The summed E-state index contributed by atoms with van der Waals surface area (Å²) in [6.45, 7) is 3.38. The van der Waals surface area contributed by atoms with Crippen molar-refractivity contribution < 1.29 is 4.79 Å². The van der Waals surface area contributed by atoms with Gasteiger partial charge >= 0.3 is 0 Å². The van der Waals surface area contributed by atoms with Gasteiger partial charge in [-0.2, -0.15) is 0 Å². The Morgan fingerprint density at radius 1 is 1.21 bits per heavy atom. The molecule has 19 heavy (non-hydrogen) atoms. The first-order valence-electron chi connectivity index (χ1n) is 7.82. The average molecular weight is 289 g/mol. The fourth-order valence-electron chi connectivity index (χ4n) is 3.47. The zero-order chi connectivity index (χ0) is 12.8. The van der Waals surface area contributed by atoms with Crippen LogP contribution in [-0.4, -0.2) is 24.5 Å². The molecule has 3 nitrogen and oxygen atoms in total. The van der Waals surface area contributed by atoms with Crippen molar-refractivity contribution in [1.82, 2.24) is 10.6 Å². The standard InChI is InChI=1S/C15H28N2O.ClH/c1-2-12-6-3-4-8-14(12)17-15(18)10-9-13-7-5-11-16-13;/h12-14,16H,2-11H2,1H3,(H,17,18);1H. The van der Waals surface area contributed by atoms with Crippen molar-refractivity contribution >= 4 is 18.3 Å². The van der Waals surface area contributed by atoms with Gasteiger partial charge in [0.15, 0.2) is 0 Å². The quantitative estimate of drug-likeness (QED) is 0.816. The summed E-state index contributed by atoms with van der Waals surface area (Å²) in [4.78, 5) is 12.0. The van der Waals surface area contributed by atoms with Gasteiger partial charge in [-0.1, -0.05) is 26.2 Å². The molecule has 0 radical (unpaired) electrons. The molecule has 2 aliphatic rings. The highest BCUT2D eigenvalue weighted by Gasteiger charge is 2.25. The van der Waals surface area contributed by atoms with Gasteiger partial charge in [-0.3, -0.25) is 4.79 Å². The summed E-state index contributed by atoms with van der Waals surface area (Å²) in [7, 11) is 0. The third-order valence-electron chi connectivity index (χ3n) is 4.66. The van der Waals surface area contributed by atoms with E-state index in [0.29, 0.717) is 24.4 Å². The summed E-state index contributed by atoms with van der Waals surface area (Å²) in [6.07, 6.45) is 10.5. The number of carbonyl (C=O) groups excluding carboxylic acids is 1. The number of rotatable bonds is 5. The van der Waals surface area contributed by atoms with Gasteiger partial charge in [0, 0.05) is 18.5 Å². The van der Waals surface area contributed by atoms with Gasteiger partial charge in [-0.05, 0) is 44.6 Å². The van der Waals surface area contributed by atoms with E-state index in [-0.39, 0.29) is 18.3 Å². The summed E-state index contributed by atoms with van der Waals surface area (Å²) in [6, 6.07) is 1.04. The molecule has 2 rings (SSSR count). The minimum atomic E-state index is 0. The van der Waals surface area contributed by atoms with Crippen molar-refractivity contribution in [3.05, 3.63) is 0 Å². The zero-order valence-electron chi connectivity index (χ0n) is 12.1. The van der Waals surface area contributed by atoms with Crippen molar-refractivity contribution in [2.75, 3.05) is 6.54 Å². The molecule has 1 saturated carbocycles. The van der Waals surface area contributed by atoms with Crippen molar-refractivity contribution in [1.29, 1.82) is 0 Å². The van der Waals surface area contributed by atoms with E-state index in [9.17, 15) is 4.79 Å². The topological polar surface area (TPSA) is 41.1 Å². The second-order valence-corrected chi connectivity index (χ2v) is 5.96. The molecular weight excluding hydrogens is 260 g/mol. The molecule has 1 aliphatic heterocycles. The molecule has 3 unspecified atom stereocenters. The van der Waals surface area contributed by atoms with E-state index in [0.717, 1.165) is 13.0 Å². The maximum absolute atomic E-state index is 12.0. The molecule has 0 aromatic heterocycles. The van der Waals surface area contributed by atoms with Gasteiger partial charge in [0.25, 0.3) is 0 Å². The Morgan fingerprint density at radius 3 is 2.68 bits per heavy atom. The summed E-state index contributed by atoms with van der Waals surface area (Å²) < 4.78 is 0. The molecule has 1 saturated heterocycles. The Labute approximate surface area is 123 Å². The first-order chi connectivity index (χ1) is 8.79. The Hall–Kier alpha value is -0.280. The monoisotopic (exact) mass is 288 g/mol. The smallest absolute Gasteiger partial charge is 0.220 e. The first-order valence-corrected chi connectivity index (χ1v) is 7.82. The number of amides is 1. The van der Waals surface area contributed by atoms with Gasteiger partial charge in [0.1, 0.15) is 0 Å². The fourth-order valence-corrected chi connectivity index (χ4v) is 3.47. The van der Waals surface area contributed by atoms with E-state index in [4.69, 9.17) is 0 Å². The zero-order valence-corrected chi connectivity index (χ0v) is 12.9. The highest BCUT2D eigenvalue weighted by Crippen LogP contribution is 2.26. The van der Waals surface area contributed by atoms with Gasteiger partial charge in [-0.25, -0.2) is 0 Å². The molecule has 1 heterocycles. The Bertz CT molecular complexity index is 267. The third kappa shape index (κ3) is 5.31. The van der Waals surface area contributed by atoms with Gasteiger partial charge in [0.2, 0.25) is 5.91 Å². The molecule has 0 aromatic rings. The molecule has 0 aromatic carbocycles. The normalized spacial score (nSPS) is 30.7. The molecule has 0 spiro atoms. The van der Waals surface area contributed by atoms with Crippen molar-refractivity contribution in [2.45, 2.75) is 76.8 Å². The van der Waals surface area contributed by atoms with E-state index >= 15 is 0 Å². The highest BCUT2D eigenvalue weighted by molar-refractivity contribution is 5.85. The van der Waals surface area contributed by atoms with Crippen molar-refractivity contribution in [3.63, 3.8) is 0 Å². The Kier molecular flexibility index (Phi) is 7.77. The molecule has 4 heteroatoms. The molecule has 1 amide bonds. The van der Waals surface area contributed by atoms with Crippen LogP contribution in [0.4, 0.5) is 0 Å². The van der Waals surface area contributed by atoms with Crippen LogP contribution in [0.3, 0.4) is 0 Å². The van der Waals surface area contributed by atoms with Crippen LogP contribution < -0.4 is 10.6 Å². The average Bonchev–Trinajstić information content (AvgIpc) is 2.90. The maximum Gasteiger partial charge on any atom is 0.220 e. The van der Waals surface area contributed by atoms with Crippen LogP contribution in [0.25, 0.3) is 0 Å². The predicted molar refractivity (Wildman–Crippen MR) is 81.7 cm³/mol. The lowest BCUT2D eigenvalue weighted by molar-refractivity contribution is -0.122. The second kappa shape index (κ2) is 8.80. The minimum Gasteiger partial charge on any atom is -0.353 e. The van der Waals surface area contributed by atoms with Crippen LogP contribution in [-0.2, 0) is 4.79 Å². The Balaban J connectivity index is 0.00000180. The van der Waals surface area contributed by atoms with E-state index < -0.39 is 0 Å². The minimum absolute atomic E-state index is 0. The molecule has 3 atom stereocenters. The van der Waals surface area contributed by atoms with E-state index in [1.807, 2.05) is 0 Å². The molecule has 2 N–H and O–H groups in total. The number of hydrogen-bond acceptors (Lipinski definition) is 2. The molecule has 2 fully saturated rings. The number of hydrogen-bond donors (Lipinski definition) is 2. The lowest BCUT2D eigenvalue weighted by Crippen LogP contribution is -2.42. The first kappa shape index (κ1) is 16.8. The van der Waals surface area contributed by atoms with Crippen molar-refractivity contribution in [2.24, 2.45) is 5.92 Å². The molecule has 112 valence electrons.